The van der Waals surface area contributed by atoms with Gasteiger partial charge in [0.2, 0.25) is 5.91 Å². The summed E-state index contributed by atoms with van der Waals surface area (Å²) < 4.78 is 0. The molecule has 1 saturated heterocycles. The SMILES string of the molecule is CC[C@H](N)C(=O)N1CCC(CN(C)CC)C1.Cl.Cl. The average molecular weight is 300 g/mol. The zero-order valence-electron chi connectivity index (χ0n) is 11.6. The van der Waals surface area contributed by atoms with Crippen molar-refractivity contribution in [2.24, 2.45) is 11.7 Å². The molecule has 1 fully saturated rings. The molecule has 0 aromatic heterocycles. The monoisotopic (exact) mass is 299 g/mol. The Bertz CT molecular complexity index is 241. The summed E-state index contributed by atoms with van der Waals surface area (Å²) in [6.45, 7) is 8.04. The summed E-state index contributed by atoms with van der Waals surface area (Å²) in [7, 11) is 2.13. The highest BCUT2D eigenvalue weighted by Gasteiger charge is 2.28. The molecule has 0 bridgehead atoms. The molecular formula is C12H27Cl2N3O. The van der Waals surface area contributed by atoms with Crippen LogP contribution in [0.2, 0.25) is 0 Å². The average Bonchev–Trinajstić information content (AvgIpc) is 2.75. The van der Waals surface area contributed by atoms with Gasteiger partial charge in [-0.2, -0.15) is 0 Å². The number of likely N-dealkylation sites (tertiary alicyclic amines) is 1. The Kier molecular flexibility index (Phi) is 11.1. The number of nitrogens with two attached hydrogens (primary N) is 1. The van der Waals surface area contributed by atoms with Crippen molar-refractivity contribution in [3.8, 4) is 0 Å². The van der Waals surface area contributed by atoms with Crippen LogP contribution < -0.4 is 5.73 Å². The minimum atomic E-state index is -0.303. The number of halogens is 2. The molecule has 0 spiro atoms. The molecule has 110 valence electrons. The Balaban J connectivity index is 0. The minimum absolute atomic E-state index is 0. The maximum absolute atomic E-state index is 11.9. The predicted octanol–water partition coefficient (Wildman–Crippen LogP) is 1.37. The van der Waals surface area contributed by atoms with Crippen molar-refractivity contribution in [2.45, 2.75) is 32.7 Å². The smallest absolute Gasteiger partial charge is 0.239 e. The van der Waals surface area contributed by atoms with E-state index in [0.29, 0.717) is 5.92 Å². The van der Waals surface area contributed by atoms with Crippen LogP contribution in [-0.2, 0) is 4.79 Å². The molecule has 18 heavy (non-hydrogen) atoms. The fourth-order valence-electron chi connectivity index (χ4n) is 2.16. The van der Waals surface area contributed by atoms with E-state index in [4.69, 9.17) is 5.73 Å². The van der Waals surface area contributed by atoms with Gasteiger partial charge >= 0.3 is 0 Å². The summed E-state index contributed by atoms with van der Waals surface area (Å²) in [4.78, 5) is 16.1. The molecule has 4 nitrogen and oxygen atoms in total. The molecule has 1 amide bonds. The van der Waals surface area contributed by atoms with Crippen molar-refractivity contribution in [3.63, 3.8) is 0 Å². The van der Waals surface area contributed by atoms with Crippen molar-refractivity contribution in [1.82, 2.24) is 9.80 Å². The first-order valence-electron chi connectivity index (χ1n) is 6.31. The first-order chi connectivity index (χ1) is 7.58. The predicted molar refractivity (Wildman–Crippen MR) is 80.6 cm³/mol. The number of amides is 1. The summed E-state index contributed by atoms with van der Waals surface area (Å²) >= 11 is 0. The lowest BCUT2D eigenvalue weighted by Crippen LogP contribution is -2.42. The maximum Gasteiger partial charge on any atom is 0.239 e. The fourth-order valence-corrected chi connectivity index (χ4v) is 2.16. The highest BCUT2D eigenvalue weighted by atomic mass is 35.5. The highest BCUT2D eigenvalue weighted by Crippen LogP contribution is 2.17. The molecule has 1 unspecified atom stereocenters. The second-order valence-electron chi connectivity index (χ2n) is 4.81. The largest absolute Gasteiger partial charge is 0.341 e. The summed E-state index contributed by atoms with van der Waals surface area (Å²) in [6, 6.07) is -0.303. The van der Waals surface area contributed by atoms with Gasteiger partial charge in [0.05, 0.1) is 6.04 Å². The van der Waals surface area contributed by atoms with E-state index < -0.39 is 0 Å². The zero-order chi connectivity index (χ0) is 12.1. The summed E-state index contributed by atoms with van der Waals surface area (Å²) in [6.07, 6.45) is 1.85. The van der Waals surface area contributed by atoms with Gasteiger partial charge in [0.25, 0.3) is 0 Å². The quantitative estimate of drug-likeness (QED) is 0.834. The molecule has 1 rings (SSSR count). The molecule has 6 heteroatoms. The van der Waals surface area contributed by atoms with Gasteiger partial charge in [0.1, 0.15) is 0 Å². The molecule has 1 aliphatic rings. The van der Waals surface area contributed by atoms with Crippen molar-refractivity contribution in [1.29, 1.82) is 0 Å². The molecule has 0 aliphatic carbocycles. The number of hydrogen-bond donors (Lipinski definition) is 1. The standard InChI is InChI=1S/C12H25N3O.2ClH/c1-4-11(13)12(16)15-7-6-10(9-15)8-14(3)5-2;;/h10-11H,4-9,13H2,1-3H3;2*1H/t10?,11-;;/m0../s1. The van der Waals surface area contributed by atoms with Crippen LogP contribution in [-0.4, -0.2) is 55.0 Å². The Morgan fingerprint density at radius 3 is 2.56 bits per heavy atom. The fraction of sp³-hybridized carbons (Fsp3) is 0.917. The lowest BCUT2D eigenvalue weighted by atomic mass is 10.1. The summed E-state index contributed by atoms with van der Waals surface area (Å²) in [5.74, 6) is 0.752. The topological polar surface area (TPSA) is 49.6 Å². The van der Waals surface area contributed by atoms with Crippen molar-refractivity contribution >= 4 is 30.7 Å². The van der Waals surface area contributed by atoms with Crippen LogP contribution in [0.4, 0.5) is 0 Å². The number of carbonyl (C=O) groups is 1. The van der Waals surface area contributed by atoms with E-state index in [-0.39, 0.29) is 36.8 Å². The van der Waals surface area contributed by atoms with Crippen LogP contribution in [0.25, 0.3) is 0 Å². The van der Waals surface area contributed by atoms with E-state index in [1.807, 2.05) is 11.8 Å². The van der Waals surface area contributed by atoms with E-state index in [2.05, 4.69) is 18.9 Å². The van der Waals surface area contributed by atoms with E-state index in [1.54, 1.807) is 0 Å². The number of hydrogen-bond acceptors (Lipinski definition) is 3. The molecule has 1 aliphatic heterocycles. The normalized spacial score (nSPS) is 20.3. The Morgan fingerprint density at radius 2 is 2.06 bits per heavy atom. The van der Waals surface area contributed by atoms with Crippen molar-refractivity contribution in [2.75, 3.05) is 33.2 Å². The van der Waals surface area contributed by atoms with E-state index >= 15 is 0 Å². The van der Waals surface area contributed by atoms with Crippen molar-refractivity contribution in [3.05, 3.63) is 0 Å². The molecule has 0 radical (unpaired) electrons. The molecule has 2 atom stereocenters. The van der Waals surface area contributed by atoms with Gasteiger partial charge in [-0.15, -0.1) is 24.8 Å². The summed E-state index contributed by atoms with van der Waals surface area (Å²) in [5.41, 5.74) is 5.77. The van der Waals surface area contributed by atoms with Gasteiger partial charge in [0, 0.05) is 19.6 Å². The molecule has 0 aromatic carbocycles. The third-order valence-electron chi connectivity index (χ3n) is 3.46. The van der Waals surface area contributed by atoms with Gasteiger partial charge in [-0.1, -0.05) is 13.8 Å². The second-order valence-corrected chi connectivity index (χ2v) is 4.81. The zero-order valence-corrected chi connectivity index (χ0v) is 13.2. The number of nitrogens with zero attached hydrogens (tertiary/aromatic N) is 2. The number of carbonyl (C=O) groups excluding carboxylic acids is 1. The maximum atomic E-state index is 11.9. The van der Waals surface area contributed by atoms with Crippen LogP contribution in [0.1, 0.15) is 26.7 Å². The van der Waals surface area contributed by atoms with E-state index in [0.717, 1.165) is 39.0 Å². The number of rotatable bonds is 5. The van der Waals surface area contributed by atoms with Crippen LogP contribution in [0.3, 0.4) is 0 Å². The van der Waals surface area contributed by atoms with Gasteiger partial charge in [-0.25, -0.2) is 0 Å². The van der Waals surface area contributed by atoms with Crippen LogP contribution >= 0.6 is 24.8 Å². The third kappa shape index (κ3) is 5.74. The molecule has 1 heterocycles. The second kappa shape index (κ2) is 9.84. The van der Waals surface area contributed by atoms with E-state index in [9.17, 15) is 4.79 Å². The molecule has 2 N–H and O–H groups in total. The van der Waals surface area contributed by atoms with Crippen molar-refractivity contribution < 1.29 is 4.79 Å². The first-order valence-corrected chi connectivity index (χ1v) is 6.31. The van der Waals surface area contributed by atoms with Gasteiger partial charge < -0.3 is 15.5 Å². The highest BCUT2D eigenvalue weighted by molar-refractivity contribution is 5.85. The summed E-state index contributed by atoms with van der Waals surface area (Å²) in [5, 5.41) is 0. The lowest BCUT2D eigenvalue weighted by molar-refractivity contribution is -0.131. The first kappa shape index (κ1) is 20.3. The molecule has 0 saturated carbocycles. The Morgan fingerprint density at radius 1 is 1.44 bits per heavy atom. The van der Waals surface area contributed by atoms with Gasteiger partial charge in [0.15, 0.2) is 0 Å². The van der Waals surface area contributed by atoms with Gasteiger partial charge in [-0.3, -0.25) is 4.79 Å². The lowest BCUT2D eigenvalue weighted by Gasteiger charge is -2.22. The van der Waals surface area contributed by atoms with Gasteiger partial charge in [-0.05, 0) is 32.4 Å². The van der Waals surface area contributed by atoms with E-state index in [1.165, 1.54) is 0 Å². The minimum Gasteiger partial charge on any atom is -0.341 e. The van der Waals surface area contributed by atoms with Crippen LogP contribution in [0.5, 0.6) is 0 Å². The molecular weight excluding hydrogens is 273 g/mol. The third-order valence-corrected chi connectivity index (χ3v) is 3.46. The Labute approximate surface area is 123 Å². The van der Waals surface area contributed by atoms with Crippen LogP contribution in [0.15, 0.2) is 0 Å². The van der Waals surface area contributed by atoms with Crippen LogP contribution in [0, 0.1) is 5.92 Å². The molecule has 0 aromatic rings. The Hall–Kier alpha value is -0.0300.